The van der Waals surface area contributed by atoms with Gasteiger partial charge in [-0.2, -0.15) is 0 Å². The molecule has 1 N–H and O–H groups in total. The SMILES string of the molecule is CCCC(=O)O[C@H](C(=O)Nc1ccc(Cl)c([N+](=O)[O-])c1)c1ccccc1. The van der Waals surface area contributed by atoms with Gasteiger partial charge in [-0.25, -0.2) is 0 Å². The summed E-state index contributed by atoms with van der Waals surface area (Å²) in [5.41, 5.74) is 0.347. The number of ether oxygens (including phenoxy) is 1. The Hall–Kier alpha value is -2.93. The average molecular weight is 377 g/mol. The Bertz CT molecular complexity index is 810. The van der Waals surface area contributed by atoms with Gasteiger partial charge in [0.05, 0.1) is 4.92 Å². The monoisotopic (exact) mass is 376 g/mol. The molecule has 0 unspecified atom stereocenters. The van der Waals surface area contributed by atoms with Crippen molar-refractivity contribution in [1.82, 2.24) is 0 Å². The highest BCUT2D eigenvalue weighted by molar-refractivity contribution is 6.32. The first-order valence-corrected chi connectivity index (χ1v) is 8.29. The van der Waals surface area contributed by atoms with E-state index in [1.807, 2.05) is 6.92 Å². The largest absolute Gasteiger partial charge is 0.447 e. The lowest BCUT2D eigenvalue weighted by molar-refractivity contribution is -0.384. The lowest BCUT2D eigenvalue weighted by Crippen LogP contribution is -2.25. The Balaban J connectivity index is 2.25. The topological polar surface area (TPSA) is 98.5 Å². The molecule has 1 atom stereocenters. The number of hydrogen-bond acceptors (Lipinski definition) is 5. The first kappa shape index (κ1) is 19.4. The molecule has 0 saturated carbocycles. The number of carbonyl (C=O) groups excluding carboxylic acids is 2. The minimum atomic E-state index is -1.16. The molecule has 26 heavy (non-hydrogen) atoms. The summed E-state index contributed by atoms with van der Waals surface area (Å²) >= 11 is 5.77. The minimum Gasteiger partial charge on any atom is -0.447 e. The lowest BCUT2D eigenvalue weighted by atomic mass is 10.1. The van der Waals surface area contributed by atoms with E-state index in [1.54, 1.807) is 30.3 Å². The maximum Gasteiger partial charge on any atom is 0.306 e. The van der Waals surface area contributed by atoms with Crippen molar-refractivity contribution in [2.24, 2.45) is 0 Å². The number of hydrogen-bond donors (Lipinski definition) is 1. The Morgan fingerprint density at radius 3 is 2.54 bits per heavy atom. The molecule has 0 heterocycles. The van der Waals surface area contributed by atoms with E-state index < -0.39 is 22.9 Å². The van der Waals surface area contributed by atoms with Crippen LogP contribution in [0.25, 0.3) is 0 Å². The second-order valence-electron chi connectivity index (χ2n) is 5.44. The summed E-state index contributed by atoms with van der Waals surface area (Å²) in [5, 5.41) is 13.5. The second kappa shape index (κ2) is 8.96. The van der Waals surface area contributed by atoms with Gasteiger partial charge in [0, 0.05) is 23.7 Å². The molecule has 0 radical (unpaired) electrons. The van der Waals surface area contributed by atoms with Gasteiger partial charge in [0.1, 0.15) is 5.02 Å². The Labute approximate surface area is 155 Å². The van der Waals surface area contributed by atoms with Crippen molar-refractivity contribution in [3.63, 3.8) is 0 Å². The molecule has 2 aromatic rings. The Morgan fingerprint density at radius 1 is 1.23 bits per heavy atom. The van der Waals surface area contributed by atoms with Crippen LogP contribution >= 0.6 is 11.6 Å². The number of nitro benzene ring substituents is 1. The van der Waals surface area contributed by atoms with Crippen LogP contribution in [0.2, 0.25) is 5.02 Å². The number of nitro groups is 1. The fourth-order valence-corrected chi connectivity index (χ4v) is 2.42. The molecule has 0 aromatic heterocycles. The molecule has 0 saturated heterocycles. The molecule has 0 aliphatic carbocycles. The summed E-state index contributed by atoms with van der Waals surface area (Å²) in [6, 6.07) is 12.4. The van der Waals surface area contributed by atoms with Crippen LogP contribution in [0.3, 0.4) is 0 Å². The van der Waals surface area contributed by atoms with Crippen LogP contribution in [-0.4, -0.2) is 16.8 Å². The van der Waals surface area contributed by atoms with E-state index in [-0.39, 0.29) is 22.8 Å². The van der Waals surface area contributed by atoms with Crippen LogP contribution in [0.15, 0.2) is 48.5 Å². The molecule has 7 nitrogen and oxygen atoms in total. The molecule has 0 aliphatic heterocycles. The van der Waals surface area contributed by atoms with Gasteiger partial charge >= 0.3 is 5.97 Å². The number of benzene rings is 2. The van der Waals surface area contributed by atoms with Gasteiger partial charge in [0.2, 0.25) is 6.10 Å². The van der Waals surface area contributed by atoms with Gasteiger partial charge < -0.3 is 10.1 Å². The fraction of sp³-hybridized carbons (Fsp3) is 0.222. The van der Waals surface area contributed by atoms with Crippen molar-refractivity contribution >= 4 is 34.9 Å². The third-order valence-corrected chi connectivity index (χ3v) is 3.77. The summed E-state index contributed by atoms with van der Waals surface area (Å²) in [4.78, 5) is 34.8. The van der Waals surface area contributed by atoms with E-state index in [2.05, 4.69) is 5.32 Å². The van der Waals surface area contributed by atoms with Gasteiger partial charge in [0.25, 0.3) is 11.6 Å². The van der Waals surface area contributed by atoms with Crippen molar-refractivity contribution in [2.75, 3.05) is 5.32 Å². The number of carbonyl (C=O) groups is 2. The van der Waals surface area contributed by atoms with Crippen molar-refractivity contribution in [3.05, 3.63) is 69.2 Å². The molecule has 2 rings (SSSR count). The molecule has 0 bridgehead atoms. The highest BCUT2D eigenvalue weighted by atomic mass is 35.5. The van der Waals surface area contributed by atoms with Crippen molar-refractivity contribution in [3.8, 4) is 0 Å². The van der Waals surface area contributed by atoms with E-state index in [4.69, 9.17) is 16.3 Å². The van der Waals surface area contributed by atoms with Crippen LogP contribution in [0.5, 0.6) is 0 Å². The standard InChI is InChI=1S/C18H17ClN2O5/c1-2-6-16(22)26-17(12-7-4-3-5-8-12)18(23)20-13-9-10-14(19)15(11-13)21(24)25/h3-5,7-11,17H,2,6H2,1H3,(H,20,23)/t17-/m0/s1. The number of rotatable bonds is 7. The van der Waals surface area contributed by atoms with Crippen LogP contribution in [0.4, 0.5) is 11.4 Å². The van der Waals surface area contributed by atoms with Crippen LogP contribution in [0, 0.1) is 10.1 Å². The summed E-state index contributed by atoms with van der Waals surface area (Å²) in [5.74, 6) is -1.11. The Kier molecular flexibility index (Phi) is 6.68. The number of nitrogens with zero attached hydrogens (tertiary/aromatic N) is 1. The lowest BCUT2D eigenvalue weighted by Gasteiger charge is -2.18. The maximum absolute atomic E-state index is 12.6. The van der Waals surface area contributed by atoms with E-state index in [9.17, 15) is 19.7 Å². The second-order valence-corrected chi connectivity index (χ2v) is 5.85. The summed E-state index contributed by atoms with van der Waals surface area (Å²) in [6.45, 7) is 1.83. The third-order valence-electron chi connectivity index (χ3n) is 3.45. The average Bonchev–Trinajstić information content (AvgIpc) is 2.62. The Morgan fingerprint density at radius 2 is 1.92 bits per heavy atom. The van der Waals surface area contributed by atoms with E-state index in [0.29, 0.717) is 12.0 Å². The minimum absolute atomic E-state index is 0.0398. The number of amides is 1. The number of halogens is 1. The predicted molar refractivity (Wildman–Crippen MR) is 96.9 cm³/mol. The van der Waals surface area contributed by atoms with E-state index >= 15 is 0 Å². The van der Waals surface area contributed by atoms with Crippen LogP contribution in [0.1, 0.15) is 31.4 Å². The summed E-state index contributed by atoms with van der Waals surface area (Å²) < 4.78 is 5.30. The van der Waals surface area contributed by atoms with Crippen molar-refractivity contribution in [1.29, 1.82) is 0 Å². The molecule has 2 aromatic carbocycles. The summed E-state index contributed by atoms with van der Waals surface area (Å²) in [6.07, 6.45) is -0.390. The first-order chi connectivity index (χ1) is 12.4. The zero-order chi connectivity index (χ0) is 19.1. The smallest absolute Gasteiger partial charge is 0.306 e. The molecular formula is C18H17ClN2O5. The molecular weight excluding hydrogens is 360 g/mol. The van der Waals surface area contributed by atoms with Gasteiger partial charge in [-0.3, -0.25) is 19.7 Å². The van der Waals surface area contributed by atoms with Gasteiger partial charge in [-0.05, 0) is 18.6 Å². The van der Waals surface area contributed by atoms with Crippen molar-refractivity contribution in [2.45, 2.75) is 25.9 Å². The third kappa shape index (κ3) is 5.03. The number of esters is 1. The highest BCUT2D eigenvalue weighted by Gasteiger charge is 2.25. The van der Waals surface area contributed by atoms with Crippen LogP contribution in [-0.2, 0) is 14.3 Å². The predicted octanol–water partition coefficient (Wildman–Crippen LogP) is 4.27. The van der Waals surface area contributed by atoms with E-state index in [1.165, 1.54) is 12.1 Å². The van der Waals surface area contributed by atoms with Crippen LogP contribution < -0.4 is 5.32 Å². The van der Waals surface area contributed by atoms with Gasteiger partial charge in [-0.15, -0.1) is 0 Å². The molecule has 0 spiro atoms. The van der Waals surface area contributed by atoms with Crippen molar-refractivity contribution < 1.29 is 19.2 Å². The fourth-order valence-electron chi connectivity index (χ4n) is 2.23. The summed E-state index contributed by atoms with van der Waals surface area (Å²) in [7, 11) is 0. The molecule has 8 heteroatoms. The molecule has 0 aliphatic rings. The number of nitrogens with one attached hydrogen (secondary N) is 1. The normalized spacial score (nSPS) is 11.5. The zero-order valence-electron chi connectivity index (χ0n) is 14.0. The van der Waals surface area contributed by atoms with Gasteiger partial charge in [-0.1, -0.05) is 48.9 Å². The molecule has 136 valence electrons. The highest BCUT2D eigenvalue weighted by Crippen LogP contribution is 2.28. The van der Waals surface area contributed by atoms with E-state index in [0.717, 1.165) is 6.07 Å². The maximum atomic E-state index is 12.6. The molecule has 1 amide bonds. The molecule has 0 fully saturated rings. The quantitative estimate of drug-likeness (QED) is 0.442. The van der Waals surface area contributed by atoms with Gasteiger partial charge in [0.15, 0.2) is 0 Å². The number of anilines is 1. The zero-order valence-corrected chi connectivity index (χ0v) is 14.7. The first-order valence-electron chi connectivity index (χ1n) is 7.91.